The second-order valence-corrected chi connectivity index (χ2v) is 15.9. The van der Waals surface area contributed by atoms with Gasteiger partial charge in [0.25, 0.3) is 20.2 Å². The number of hydrogen-bond donors (Lipinski definition) is 3. The second-order valence-electron chi connectivity index (χ2n) is 13.1. The molecule has 3 N–H and O–H groups in total. The maximum absolute atomic E-state index is 16.4. The van der Waals surface area contributed by atoms with E-state index in [1.165, 1.54) is 6.07 Å². The third kappa shape index (κ3) is 4.58. The van der Waals surface area contributed by atoms with Crippen LogP contribution in [0.3, 0.4) is 0 Å². The van der Waals surface area contributed by atoms with Crippen LogP contribution in [0.5, 0.6) is 0 Å². The molecule has 0 aliphatic heterocycles. The third-order valence-corrected chi connectivity index (χ3v) is 12.2. The van der Waals surface area contributed by atoms with Gasteiger partial charge >= 0.3 is 5.97 Å². The van der Waals surface area contributed by atoms with Gasteiger partial charge in [0.1, 0.15) is 21.4 Å². The van der Waals surface area contributed by atoms with Crippen LogP contribution in [-0.2, 0) is 39.5 Å². The van der Waals surface area contributed by atoms with Gasteiger partial charge in [0.05, 0.1) is 5.56 Å². The Balaban J connectivity index is 1.54. The Kier molecular flexibility index (Phi) is 6.84. The number of carboxylic acid groups (broad SMARTS) is 1. The van der Waals surface area contributed by atoms with Gasteiger partial charge in [-0.05, 0) is 110 Å². The highest BCUT2D eigenvalue weighted by Crippen LogP contribution is 2.55. The Morgan fingerprint density at radius 2 is 0.885 bits per heavy atom. The van der Waals surface area contributed by atoms with Gasteiger partial charge in [-0.15, -0.1) is 0 Å². The zero-order valence-corrected chi connectivity index (χ0v) is 28.4. The van der Waals surface area contributed by atoms with Crippen molar-refractivity contribution in [3.63, 3.8) is 0 Å². The van der Waals surface area contributed by atoms with Gasteiger partial charge < -0.3 is 5.11 Å². The van der Waals surface area contributed by atoms with Crippen molar-refractivity contribution in [3.8, 4) is 55.6 Å². The summed E-state index contributed by atoms with van der Waals surface area (Å²) in [5, 5.41) is 11.1. The molecule has 3 aliphatic rings. The highest BCUT2D eigenvalue weighted by Gasteiger charge is 2.40. The van der Waals surface area contributed by atoms with Gasteiger partial charge in [0.15, 0.2) is 0 Å². The number of carbonyl (C=O) groups is 1. The first kappa shape index (κ1) is 32.4. The molecule has 6 aromatic carbocycles. The Hall–Kier alpha value is -5.53. The average molecular weight is 735 g/mol. The van der Waals surface area contributed by atoms with Crippen molar-refractivity contribution in [3.05, 3.63) is 142 Å². The van der Waals surface area contributed by atoms with E-state index in [9.17, 15) is 35.8 Å². The number of fused-ring (bicyclic) bond motifs is 9. The van der Waals surface area contributed by atoms with Crippen LogP contribution < -0.4 is 0 Å². The Morgan fingerprint density at radius 1 is 0.500 bits per heavy atom. The van der Waals surface area contributed by atoms with Crippen molar-refractivity contribution in [1.82, 2.24) is 0 Å². The van der Waals surface area contributed by atoms with E-state index in [1.807, 2.05) is 0 Å². The number of halogens is 2. The minimum atomic E-state index is -5.44. The highest BCUT2D eigenvalue weighted by molar-refractivity contribution is 7.86. The molecule has 3 aliphatic carbocycles. The molecule has 6 aromatic rings. The number of rotatable bonds is 5. The molecule has 0 unspecified atom stereocenters. The summed E-state index contributed by atoms with van der Waals surface area (Å²) >= 11 is 0. The van der Waals surface area contributed by atoms with Crippen LogP contribution in [-0.4, -0.2) is 37.0 Å². The van der Waals surface area contributed by atoms with E-state index in [2.05, 4.69) is 0 Å². The van der Waals surface area contributed by atoms with E-state index in [4.69, 9.17) is 0 Å². The molecule has 0 saturated heterocycles. The Morgan fingerprint density at radius 3 is 1.33 bits per heavy atom. The summed E-state index contributed by atoms with van der Waals surface area (Å²) in [5.41, 5.74) is 3.24. The molecule has 0 spiro atoms. The van der Waals surface area contributed by atoms with Gasteiger partial charge in [-0.2, -0.15) is 16.8 Å². The van der Waals surface area contributed by atoms with Crippen molar-refractivity contribution in [1.29, 1.82) is 0 Å². The van der Waals surface area contributed by atoms with Crippen LogP contribution in [0.2, 0.25) is 0 Å². The molecule has 9 rings (SSSR count). The first-order chi connectivity index (χ1) is 24.7. The summed E-state index contributed by atoms with van der Waals surface area (Å²) in [5.74, 6) is -4.25. The predicted octanol–water partition coefficient (Wildman–Crippen LogP) is 8.20. The summed E-state index contributed by atoms with van der Waals surface area (Å²) in [7, 11) is -10.8. The molecule has 0 heterocycles. The summed E-state index contributed by atoms with van der Waals surface area (Å²) < 4.78 is 107. The molecule has 258 valence electrons. The SMILES string of the molecule is O=C(O)c1c2c(cc(-c3c4c(cc(F)c3S(=O)(=O)O)-c3ccccc3C4)c1-c1c3c(cc(F)c1S(=O)(=O)O)-c1ccccc1C3)-c1ccccc1C2. The third-order valence-electron chi connectivity index (χ3n) is 10.4. The fourth-order valence-corrected chi connectivity index (χ4v) is 10.1. The molecule has 0 atom stereocenters. The molecular formula is C40H24F2O8S2. The molecule has 0 saturated carbocycles. The summed E-state index contributed by atoms with van der Waals surface area (Å²) in [6.07, 6.45) is 0.103. The van der Waals surface area contributed by atoms with Crippen LogP contribution in [0.15, 0.2) is 101 Å². The monoisotopic (exact) mass is 734 g/mol. The molecule has 8 nitrogen and oxygen atoms in total. The Labute approximate surface area is 296 Å². The van der Waals surface area contributed by atoms with Gasteiger partial charge in [-0.3, -0.25) is 9.11 Å². The lowest BCUT2D eigenvalue weighted by Crippen LogP contribution is -2.14. The summed E-state index contributed by atoms with van der Waals surface area (Å²) in [6, 6.07) is 24.3. The van der Waals surface area contributed by atoms with Crippen LogP contribution in [0, 0.1) is 11.6 Å². The topological polar surface area (TPSA) is 146 Å². The minimum absolute atomic E-state index is 0.00267. The lowest BCUT2D eigenvalue weighted by atomic mass is 9.81. The fraction of sp³-hybridized carbons (Fsp3) is 0.0750. The largest absolute Gasteiger partial charge is 0.478 e. The van der Waals surface area contributed by atoms with Crippen molar-refractivity contribution in [2.75, 3.05) is 0 Å². The zero-order chi connectivity index (χ0) is 36.4. The van der Waals surface area contributed by atoms with Crippen LogP contribution >= 0.6 is 0 Å². The standard InChI is InChI=1S/C40H24F2O8S2/c41-32-17-26-23-11-5-2-7-19(23)13-28(26)34(38(32)51(45,46)47)31-16-25-22-10-4-1-9-21(22)15-30(25)37(40(43)44)35(31)36-29-14-20-8-3-6-12-24(20)27(29)18-33(42)39(36)52(48,49)50/h1-12,16-18H,13-15H2,(H,43,44)(H,45,46,47)(H,48,49,50). The molecule has 0 amide bonds. The number of aromatic carboxylic acids is 1. The molecular weight excluding hydrogens is 711 g/mol. The minimum Gasteiger partial charge on any atom is -0.478 e. The molecule has 0 bridgehead atoms. The number of benzene rings is 6. The predicted molar refractivity (Wildman–Crippen MR) is 189 cm³/mol. The van der Waals surface area contributed by atoms with Gasteiger partial charge in [0.2, 0.25) is 0 Å². The molecule has 0 radical (unpaired) electrons. The van der Waals surface area contributed by atoms with Gasteiger partial charge in [0, 0.05) is 16.7 Å². The maximum atomic E-state index is 16.4. The molecule has 0 aromatic heterocycles. The number of hydrogen-bond acceptors (Lipinski definition) is 5. The van der Waals surface area contributed by atoms with Crippen molar-refractivity contribution in [2.24, 2.45) is 0 Å². The fourth-order valence-electron chi connectivity index (χ4n) is 8.47. The lowest BCUT2D eigenvalue weighted by Gasteiger charge is -2.24. The van der Waals surface area contributed by atoms with E-state index in [0.29, 0.717) is 38.9 Å². The molecule has 52 heavy (non-hydrogen) atoms. The number of carboxylic acids is 1. The average Bonchev–Trinajstić information content (AvgIpc) is 3.76. The summed E-state index contributed by atoms with van der Waals surface area (Å²) in [4.78, 5) is 11.3. The molecule has 0 fully saturated rings. The van der Waals surface area contributed by atoms with Crippen molar-refractivity contribution in [2.45, 2.75) is 29.1 Å². The first-order valence-corrected chi connectivity index (χ1v) is 19.0. The smallest absolute Gasteiger partial charge is 0.336 e. The Bertz CT molecular complexity index is 2880. The van der Waals surface area contributed by atoms with E-state index in [0.717, 1.165) is 12.1 Å². The quantitative estimate of drug-likeness (QED) is 0.150. The second kappa shape index (κ2) is 11.0. The van der Waals surface area contributed by atoms with Crippen molar-refractivity contribution >= 4 is 26.2 Å². The van der Waals surface area contributed by atoms with Gasteiger partial charge in [-0.1, -0.05) is 72.8 Å². The highest BCUT2D eigenvalue weighted by atomic mass is 32.2. The van der Waals surface area contributed by atoms with Crippen LogP contribution in [0.4, 0.5) is 8.78 Å². The first-order valence-electron chi connectivity index (χ1n) is 16.1. The van der Waals surface area contributed by atoms with E-state index < -0.39 is 69.9 Å². The van der Waals surface area contributed by atoms with Gasteiger partial charge in [-0.25, -0.2) is 13.6 Å². The van der Waals surface area contributed by atoms with E-state index in [-0.39, 0.29) is 52.6 Å². The normalized spacial score (nSPS) is 13.6. The van der Waals surface area contributed by atoms with Crippen LogP contribution in [0.1, 0.15) is 43.7 Å². The van der Waals surface area contributed by atoms with Crippen molar-refractivity contribution < 1.29 is 44.6 Å². The molecule has 12 heteroatoms. The van der Waals surface area contributed by atoms with E-state index in [1.54, 1.807) is 72.8 Å². The lowest BCUT2D eigenvalue weighted by molar-refractivity contribution is 0.0696. The maximum Gasteiger partial charge on any atom is 0.336 e. The van der Waals surface area contributed by atoms with E-state index >= 15 is 8.78 Å². The zero-order valence-electron chi connectivity index (χ0n) is 26.7. The van der Waals surface area contributed by atoms with Crippen LogP contribution in [0.25, 0.3) is 55.6 Å². The summed E-state index contributed by atoms with van der Waals surface area (Å²) in [6.45, 7) is 0.